The molecule has 0 amide bonds. The Morgan fingerprint density at radius 3 is 2.23 bits per heavy atom. The van der Waals surface area contributed by atoms with Crippen LogP contribution in [0.5, 0.6) is 0 Å². The summed E-state index contributed by atoms with van der Waals surface area (Å²) in [5.74, 6) is 0. The van der Waals surface area contributed by atoms with Crippen LogP contribution in [0.1, 0.15) is 39.8 Å². The summed E-state index contributed by atoms with van der Waals surface area (Å²) in [4.78, 5) is 16.0. The van der Waals surface area contributed by atoms with Gasteiger partial charge in [0.05, 0.1) is 10.4 Å². The lowest BCUT2D eigenvalue weighted by atomic mass is 10.0. The van der Waals surface area contributed by atoms with E-state index in [-0.39, 0.29) is 36.6 Å². The smallest absolute Gasteiger partial charge is 0.252 e. The zero-order valence-electron chi connectivity index (χ0n) is 18.7. The number of hydrogen-bond donors (Lipinski definition) is 2. The number of H-pyrrole nitrogens is 1. The molecule has 1 heterocycles. The molecule has 0 aliphatic carbocycles. The van der Waals surface area contributed by atoms with Crippen LogP contribution in [0.4, 0.5) is 0 Å². The fourth-order valence-electron chi connectivity index (χ4n) is 4.11. The highest BCUT2D eigenvalue weighted by molar-refractivity contribution is 7.89. The van der Waals surface area contributed by atoms with Crippen molar-refractivity contribution in [2.45, 2.75) is 52.5 Å². The minimum Gasteiger partial charge on any atom is -0.396 e. The minimum absolute atomic E-state index is 0.0622. The maximum atomic E-state index is 13.6. The van der Waals surface area contributed by atoms with Gasteiger partial charge in [0.2, 0.25) is 10.0 Å². The Hall–Kier alpha value is -2.48. The normalized spacial score (nSPS) is 12.1. The van der Waals surface area contributed by atoms with Crippen molar-refractivity contribution in [3.8, 4) is 0 Å². The average Bonchev–Trinajstić information content (AvgIpc) is 2.67. The number of aliphatic hydroxyl groups is 1. The first-order valence-electron chi connectivity index (χ1n) is 10.4. The van der Waals surface area contributed by atoms with Gasteiger partial charge in [0.15, 0.2) is 0 Å². The molecule has 0 spiro atoms. The van der Waals surface area contributed by atoms with Crippen LogP contribution in [0.2, 0.25) is 0 Å². The quantitative estimate of drug-likeness (QED) is 0.584. The standard InChI is InChI=1S/C24H30N2O4S/c1-15-11-17(3)23(18(4)12-15)31(29,30)26(9-6-10-27)14-21-13-20-8-7-16(2)19(5)22(20)25-24(21)28/h7-8,11-13,27H,6,9-10,14H2,1-5H3,(H,25,28). The molecule has 2 N–H and O–H groups in total. The van der Waals surface area contributed by atoms with Crippen LogP contribution in [0.15, 0.2) is 40.0 Å². The Labute approximate surface area is 183 Å². The van der Waals surface area contributed by atoms with Crippen LogP contribution < -0.4 is 5.56 Å². The van der Waals surface area contributed by atoms with E-state index < -0.39 is 10.0 Å². The molecular weight excluding hydrogens is 412 g/mol. The van der Waals surface area contributed by atoms with Crippen LogP contribution >= 0.6 is 0 Å². The van der Waals surface area contributed by atoms with Crippen LogP contribution in [-0.4, -0.2) is 36.0 Å². The highest BCUT2D eigenvalue weighted by Gasteiger charge is 2.28. The molecule has 1 aromatic heterocycles. The summed E-state index contributed by atoms with van der Waals surface area (Å²) < 4.78 is 28.5. The van der Waals surface area contributed by atoms with E-state index >= 15 is 0 Å². The number of aliphatic hydroxyl groups excluding tert-OH is 1. The third-order valence-corrected chi connectivity index (χ3v) is 7.89. The summed E-state index contributed by atoms with van der Waals surface area (Å²) >= 11 is 0. The highest BCUT2D eigenvalue weighted by atomic mass is 32.2. The van der Waals surface area contributed by atoms with Gasteiger partial charge in [0.25, 0.3) is 5.56 Å². The minimum atomic E-state index is -3.87. The monoisotopic (exact) mass is 442 g/mol. The zero-order valence-corrected chi connectivity index (χ0v) is 19.6. The predicted octanol–water partition coefficient (Wildman–Crippen LogP) is 3.64. The molecule has 0 bridgehead atoms. The number of benzene rings is 2. The van der Waals surface area contributed by atoms with Crippen molar-refractivity contribution in [3.63, 3.8) is 0 Å². The van der Waals surface area contributed by atoms with Gasteiger partial charge in [-0.3, -0.25) is 4.79 Å². The van der Waals surface area contributed by atoms with Crippen LogP contribution in [0.25, 0.3) is 10.9 Å². The van der Waals surface area contributed by atoms with Crippen LogP contribution in [-0.2, 0) is 16.6 Å². The van der Waals surface area contributed by atoms with Gasteiger partial charge in [-0.1, -0.05) is 29.8 Å². The lowest BCUT2D eigenvalue weighted by Gasteiger charge is -2.24. The first-order valence-corrected chi connectivity index (χ1v) is 11.8. The Morgan fingerprint density at radius 2 is 1.61 bits per heavy atom. The molecule has 31 heavy (non-hydrogen) atoms. The molecule has 3 rings (SSSR count). The lowest BCUT2D eigenvalue weighted by molar-refractivity contribution is 0.267. The summed E-state index contributed by atoms with van der Waals surface area (Å²) in [5.41, 5.74) is 5.25. The van der Waals surface area contributed by atoms with Crippen molar-refractivity contribution < 1.29 is 13.5 Å². The Morgan fingerprint density at radius 1 is 0.968 bits per heavy atom. The molecule has 0 aliphatic rings. The number of rotatable bonds is 7. The Bertz CT molecular complexity index is 1270. The number of nitrogens with one attached hydrogen (secondary N) is 1. The van der Waals surface area contributed by atoms with E-state index in [2.05, 4.69) is 4.98 Å². The van der Waals surface area contributed by atoms with E-state index in [1.807, 2.05) is 45.0 Å². The largest absolute Gasteiger partial charge is 0.396 e. The molecule has 3 aromatic rings. The first-order chi connectivity index (χ1) is 14.6. The topological polar surface area (TPSA) is 90.5 Å². The molecule has 166 valence electrons. The van der Waals surface area contributed by atoms with Gasteiger partial charge in [0, 0.05) is 25.3 Å². The number of pyridine rings is 1. The fraction of sp³-hybridized carbons (Fsp3) is 0.375. The third kappa shape index (κ3) is 4.59. The van der Waals surface area contributed by atoms with E-state index in [1.54, 1.807) is 19.9 Å². The lowest BCUT2D eigenvalue weighted by Crippen LogP contribution is -2.35. The van der Waals surface area contributed by atoms with E-state index in [4.69, 9.17) is 0 Å². The number of aryl methyl sites for hydroxylation is 5. The van der Waals surface area contributed by atoms with Crippen molar-refractivity contribution in [1.29, 1.82) is 0 Å². The molecule has 0 saturated carbocycles. The third-order valence-electron chi connectivity index (χ3n) is 5.74. The summed E-state index contributed by atoms with van der Waals surface area (Å²) in [5, 5.41) is 10.2. The maximum absolute atomic E-state index is 13.6. The summed E-state index contributed by atoms with van der Waals surface area (Å²) in [7, 11) is -3.87. The molecule has 0 radical (unpaired) electrons. The second-order valence-corrected chi connectivity index (χ2v) is 10.1. The van der Waals surface area contributed by atoms with Gasteiger partial charge in [-0.15, -0.1) is 0 Å². The molecule has 7 heteroatoms. The molecule has 2 aromatic carbocycles. The Kier molecular flexibility index (Phi) is 6.69. The second-order valence-electron chi connectivity index (χ2n) is 8.24. The number of fused-ring (bicyclic) bond motifs is 1. The summed E-state index contributed by atoms with van der Waals surface area (Å²) in [6.07, 6.45) is 0.285. The zero-order chi connectivity index (χ0) is 22.9. The number of aromatic amines is 1. The van der Waals surface area contributed by atoms with Crippen molar-refractivity contribution in [1.82, 2.24) is 9.29 Å². The van der Waals surface area contributed by atoms with E-state index in [9.17, 15) is 18.3 Å². The highest BCUT2D eigenvalue weighted by Crippen LogP contribution is 2.27. The molecule has 0 fully saturated rings. The second kappa shape index (κ2) is 8.94. The van der Waals surface area contributed by atoms with E-state index in [0.717, 1.165) is 27.6 Å². The Balaban J connectivity index is 2.10. The van der Waals surface area contributed by atoms with Crippen molar-refractivity contribution in [2.75, 3.05) is 13.2 Å². The van der Waals surface area contributed by atoms with E-state index in [1.165, 1.54) is 4.31 Å². The molecule has 6 nitrogen and oxygen atoms in total. The molecule has 0 unspecified atom stereocenters. The molecule has 0 aliphatic heterocycles. The van der Waals surface area contributed by atoms with Gasteiger partial charge >= 0.3 is 0 Å². The summed E-state index contributed by atoms with van der Waals surface area (Å²) in [6, 6.07) is 9.37. The molecular formula is C24H30N2O4S. The first kappa shape index (κ1) is 23.2. The van der Waals surface area contributed by atoms with Gasteiger partial charge in [-0.2, -0.15) is 4.31 Å². The number of aromatic nitrogens is 1. The number of nitrogens with zero attached hydrogens (tertiary/aromatic N) is 1. The number of hydrogen-bond acceptors (Lipinski definition) is 4. The molecule has 0 atom stereocenters. The van der Waals surface area contributed by atoms with E-state index in [0.29, 0.717) is 16.7 Å². The SMILES string of the molecule is Cc1cc(C)c(S(=O)(=O)N(CCCO)Cc2cc3ccc(C)c(C)c3[nH]c2=O)c(C)c1. The van der Waals surface area contributed by atoms with Gasteiger partial charge in [-0.25, -0.2) is 8.42 Å². The van der Waals surface area contributed by atoms with Gasteiger partial charge < -0.3 is 10.1 Å². The summed E-state index contributed by atoms with van der Waals surface area (Å²) in [6.45, 7) is 9.35. The maximum Gasteiger partial charge on any atom is 0.252 e. The van der Waals surface area contributed by atoms with Crippen molar-refractivity contribution in [2.24, 2.45) is 0 Å². The van der Waals surface area contributed by atoms with Crippen molar-refractivity contribution >= 4 is 20.9 Å². The number of sulfonamides is 1. The van der Waals surface area contributed by atoms with Crippen LogP contribution in [0.3, 0.4) is 0 Å². The van der Waals surface area contributed by atoms with Crippen molar-refractivity contribution in [3.05, 3.63) is 74.1 Å². The fourth-order valence-corrected chi connectivity index (χ4v) is 5.98. The molecule has 0 saturated heterocycles. The predicted molar refractivity (Wildman–Crippen MR) is 124 cm³/mol. The van der Waals surface area contributed by atoms with Gasteiger partial charge in [0.1, 0.15) is 0 Å². The van der Waals surface area contributed by atoms with Crippen LogP contribution in [0, 0.1) is 34.6 Å². The average molecular weight is 443 g/mol. The van der Waals surface area contributed by atoms with Gasteiger partial charge in [-0.05, 0) is 74.7 Å².